The fourth-order valence-electron chi connectivity index (χ4n) is 2.48. The lowest BCUT2D eigenvalue weighted by atomic mass is 10.0. The Kier molecular flexibility index (Phi) is 6.05. The Bertz CT molecular complexity index is 1000. The molecule has 0 atom stereocenters. The molecule has 1 heterocycles. The van der Waals surface area contributed by atoms with E-state index in [0.29, 0.717) is 20.9 Å². The molecule has 0 unspecified atom stereocenters. The summed E-state index contributed by atoms with van der Waals surface area (Å²) in [6, 6.07) is 11.1. The molecule has 140 valence electrons. The summed E-state index contributed by atoms with van der Waals surface area (Å²) < 4.78 is 5.45. The summed E-state index contributed by atoms with van der Waals surface area (Å²) in [6.07, 6.45) is 0. The van der Waals surface area contributed by atoms with Gasteiger partial charge in [-0.3, -0.25) is 10.1 Å². The largest absolute Gasteiger partial charge is 0.484 e. The molecule has 0 saturated heterocycles. The van der Waals surface area contributed by atoms with Gasteiger partial charge in [0.1, 0.15) is 5.75 Å². The molecule has 0 spiro atoms. The second kappa shape index (κ2) is 8.30. The summed E-state index contributed by atoms with van der Waals surface area (Å²) in [5, 5.41) is 4.14. The first-order valence-corrected chi connectivity index (χ1v) is 9.83. The molecular weight excluding hydrogens is 403 g/mol. The highest BCUT2D eigenvalue weighted by molar-refractivity contribution is 7.16. The fraction of sp³-hybridized carbons (Fsp3) is 0.200. The molecule has 0 radical (unpaired) electrons. The van der Waals surface area contributed by atoms with E-state index < -0.39 is 0 Å². The highest BCUT2D eigenvalue weighted by Crippen LogP contribution is 2.31. The van der Waals surface area contributed by atoms with E-state index in [-0.39, 0.29) is 12.5 Å². The molecule has 1 N–H and O–H groups in total. The van der Waals surface area contributed by atoms with E-state index >= 15 is 0 Å². The van der Waals surface area contributed by atoms with Crippen molar-refractivity contribution in [3.63, 3.8) is 0 Å². The molecule has 1 aromatic heterocycles. The number of halogens is 2. The predicted molar refractivity (Wildman–Crippen MR) is 112 cm³/mol. The van der Waals surface area contributed by atoms with E-state index in [2.05, 4.69) is 36.3 Å². The Morgan fingerprint density at radius 2 is 1.85 bits per heavy atom. The van der Waals surface area contributed by atoms with Crippen LogP contribution in [0.1, 0.15) is 16.0 Å². The number of amides is 1. The van der Waals surface area contributed by atoms with Crippen LogP contribution in [0, 0.1) is 20.8 Å². The number of anilines is 1. The number of carbonyl (C=O) groups excluding carboxylic acids is 1. The molecule has 27 heavy (non-hydrogen) atoms. The average molecular weight is 421 g/mol. The Morgan fingerprint density at radius 1 is 1.07 bits per heavy atom. The Labute approximate surface area is 172 Å². The monoisotopic (exact) mass is 420 g/mol. The average Bonchev–Trinajstić information content (AvgIpc) is 2.98. The van der Waals surface area contributed by atoms with Crippen LogP contribution in [0.5, 0.6) is 5.75 Å². The number of hydrogen-bond acceptors (Lipinski definition) is 4. The fourth-order valence-corrected chi connectivity index (χ4v) is 3.62. The van der Waals surface area contributed by atoms with Crippen molar-refractivity contribution in [3.05, 3.63) is 62.4 Å². The third-order valence-electron chi connectivity index (χ3n) is 4.08. The van der Waals surface area contributed by atoms with Crippen LogP contribution in [0.25, 0.3) is 11.3 Å². The van der Waals surface area contributed by atoms with E-state index in [9.17, 15) is 4.79 Å². The second-order valence-electron chi connectivity index (χ2n) is 6.14. The van der Waals surface area contributed by atoms with Crippen LogP contribution < -0.4 is 10.1 Å². The van der Waals surface area contributed by atoms with Gasteiger partial charge in [0, 0.05) is 16.5 Å². The summed E-state index contributed by atoms with van der Waals surface area (Å²) >= 11 is 13.2. The molecule has 0 bridgehead atoms. The normalized spacial score (nSPS) is 10.7. The van der Waals surface area contributed by atoms with Gasteiger partial charge in [-0.2, -0.15) is 0 Å². The van der Waals surface area contributed by atoms with Gasteiger partial charge in [-0.25, -0.2) is 4.98 Å². The van der Waals surface area contributed by atoms with E-state index in [4.69, 9.17) is 27.9 Å². The molecule has 0 saturated carbocycles. The molecule has 0 aliphatic carbocycles. The molecule has 1 amide bonds. The molecule has 4 nitrogen and oxygen atoms in total. The number of benzene rings is 2. The van der Waals surface area contributed by atoms with Crippen LogP contribution in [0.3, 0.4) is 0 Å². The second-order valence-corrected chi connectivity index (χ2v) is 8.15. The maximum absolute atomic E-state index is 12.2. The number of nitrogens with zero attached hydrogens (tertiary/aromatic N) is 1. The van der Waals surface area contributed by atoms with Gasteiger partial charge in [-0.1, -0.05) is 35.3 Å². The smallest absolute Gasteiger partial charge is 0.264 e. The minimum atomic E-state index is -0.290. The van der Waals surface area contributed by atoms with Crippen molar-refractivity contribution >= 4 is 45.6 Å². The summed E-state index contributed by atoms with van der Waals surface area (Å²) in [7, 11) is 0. The quantitative estimate of drug-likeness (QED) is 0.545. The van der Waals surface area contributed by atoms with Crippen molar-refractivity contribution in [3.8, 4) is 17.0 Å². The van der Waals surface area contributed by atoms with E-state index in [1.807, 2.05) is 13.0 Å². The van der Waals surface area contributed by atoms with Gasteiger partial charge < -0.3 is 4.74 Å². The van der Waals surface area contributed by atoms with Crippen molar-refractivity contribution in [2.75, 3.05) is 11.9 Å². The van der Waals surface area contributed by atoms with E-state index in [1.165, 1.54) is 22.5 Å². The van der Waals surface area contributed by atoms with Crippen LogP contribution >= 0.6 is 34.5 Å². The first-order chi connectivity index (χ1) is 12.8. The van der Waals surface area contributed by atoms with Crippen molar-refractivity contribution in [2.24, 2.45) is 0 Å². The molecule has 3 rings (SSSR count). The number of nitrogens with one attached hydrogen (secondary N) is 1. The maximum Gasteiger partial charge on any atom is 0.264 e. The molecule has 2 aromatic carbocycles. The van der Waals surface area contributed by atoms with Crippen LogP contribution in [0.15, 0.2) is 36.4 Å². The van der Waals surface area contributed by atoms with Crippen molar-refractivity contribution in [1.29, 1.82) is 0 Å². The number of ether oxygens (including phenoxy) is 1. The zero-order valence-corrected chi connectivity index (χ0v) is 17.4. The maximum atomic E-state index is 12.2. The van der Waals surface area contributed by atoms with Gasteiger partial charge >= 0.3 is 0 Å². The minimum Gasteiger partial charge on any atom is -0.484 e. The standard InChI is InChI=1S/C20H18Cl2N2O2S/c1-11-4-5-14(8-12(11)2)19-13(3)27-20(24-19)23-18(25)10-26-15-6-7-16(21)17(22)9-15/h4-9H,10H2,1-3H3,(H,23,24,25). The summed E-state index contributed by atoms with van der Waals surface area (Å²) in [4.78, 5) is 17.8. The predicted octanol–water partition coefficient (Wildman–Crippen LogP) is 6.06. The lowest BCUT2D eigenvalue weighted by molar-refractivity contribution is -0.118. The van der Waals surface area contributed by atoms with Crippen molar-refractivity contribution in [2.45, 2.75) is 20.8 Å². The Morgan fingerprint density at radius 3 is 2.56 bits per heavy atom. The van der Waals surface area contributed by atoms with Gasteiger partial charge in [0.25, 0.3) is 5.91 Å². The number of aromatic nitrogens is 1. The van der Waals surface area contributed by atoms with Crippen molar-refractivity contribution in [1.82, 2.24) is 4.98 Å². The van der Waals surface area contributed by atoms with Gasteiger partial charge in [-0.05, 0) is 50.1 Å². The van der Waals surface area contributed by atoms with E-state index in [1.54, 1.807) is 18.2 Å². The highest BCUT2D eigenvalue weighted by atomic mass is 35.5. The molecule has 0 fully saturated rings. The summed E-state index contributed by atoms with van der Waals surface area (Å²) in [5.41, 5.74) is 4.36. The van der Waals surface area contributed by atoms with E-state index in [0.717, 1.165) is 16.1 Å². The zero-order chi connectivity index (χ0) is 19.6. The topological polar surface area (TPSA) is 51.2 Å². The third kappa shape index (κ3) is 4.80. The van der Waals surface area contributed by atoms with Gasteiger partial charge in [-0.15, -0.1) is 11.3 Å². The lowest BCUT2D eigenvalue weighted by Gasteiger charge is -2.06. The number of rotatable bonds is 5. The van der Waals surface area contributed by atoms with Gasteiger partial charge in [0.15, 0.2) is 11.7 Å². The number of aryl methyl sites for hydroxylation is 3. The first-order valence-electron chi connectivity index (χ1n) is 8.26. The van der Waals surface area contributed by atoms with Crippen LogP contribution in [-0.4, -0.2) is 17.5 Å². The first kappa shape index (κ1) is 19.7. The van der Waals surface area contributed by atoms with Crippen molar-refractivity contribution < 1.29 is 9.53 Å². The molecular formula is C20H18Cl2N2O2S. The van der Waals surface area contributed by atoms with Crippen LogP contribution in [-0.2, 0) is 4.79 Å². The Balaban J connectivity index is 1.66. The number of thiazole rings is 1. The number of hydrogen-bond donors (Lipinski definition) is 1. The summed E-state index contributed by atoms with van der Waals surface area (Å²) in [5.74, 6) is 0.187. The number of carbonyl (C=O) groups is 1. The van der Waals surface area contributed by atoms with Crippen LogP contribution in [0.4, 0.5) is 5.13 Å². The third-order valence-corrected chi connectivity index (χ3v) is 5.71. The molecule has 0 aliphatic rings. The Hall–Kier alpha value is -2.08. The SMILES string of the molecule is Cc1ccc(-c2nc(NC(=O)COc3ccc(Cl)c(Cl)c3)sc2C)cc1C. The molecule has 3 aromatic rings. The van der Waals surface area contributed by atoms with Gasteiger partial charge in [0.05, 0.1) is 15.7 Å². The highest BCUT2D eigenvalue weighted by Gasteiger charge is 2.13. The van der Waals surface area contributed by atoms with Crippen LogP contribution in [0.2, 0.25) is 10.0 Å². The van der Waals surface area contributed by atoms with Gasteiger partial charge in [0.2, 0.25) is 0 Å². The minimum absolute atomic E-state index is 0.143. The zero-order valence-electron chi connectivity index (χ0n) is 15.1. The summed E-state index contributed by atoms with van der Waals surface area (Å²) in [6.45, 7) is 6.00. The molecule has 7 heteroatoms. The molecule has 0 aliphatic heterocycles. The lowest BCUT2D eigenvalue weighted by Crippen LogP contribution is -2.20.